The van der Waals surface area contributed by atoms with E-state index in [0.717, 1.165) is 12.1 Å². The summed E-state index contributed by atoms with van der Waals surface area (Å²) in [7, 11) is 0. The van der Waals surface area contributed by atoms with Crippen molar-refractivity contribution in [1.29, 1.82) is 0 Å². The van der Waals surface area contributed by atoms with E-state index in [-0.39, 0.29) is 11.3 Å². The van der Waals surface area contributed by atoms with Crippen LogP contribution in [-0.2, 0) is 4.79 Å². The van der Waals surface area contributed by atoms with Crippen LogP contribution in [0.2, 0.25) is 0 Å². The molecule has 0 bridgehead atoms. The first-order valence-electron chi connectivity index (χ1n) is 5.44. The van der Waals surface area contributed by atoms with E-state index in [0.29, 0.717) is 0 Å². The summed E-state index contributed by atoms with van der Waals surface area (Å²) in [6.07, 6.45) is -1.75. The van der Waals surface area contributed by atoms with Crippen molar-refractivity contribution in [2.75, 3.05) is 6.61 Å². The van der Waals surface area contributed by atoms with Crippen molar-refractivity contribution in [3.05, 3.63) is 39.9 Å². The van der Waals surface area contributed by atoms with Crippen LogP contribution in [0.15, 0.2) is 24.3 Å². The van der Waals surface area contributed by atoms with Gasteiger partial charge < -0.3 is 10.4 Å². The highest BCUT2D eigenvalue weighted by Crippen LogP contribution is 2.24. The summed E-state index contributed by atoms with van der Waals surface area (Å²) in [5.41, 5.74) is -0.109. The molecule has 0 aliphatic rings. The summed E-state index contributed by atoms with van der Waals surface area (Å²) >= 11 is 10.6. The van der Waals surface area contributed by atoms with Gasteiger partial charge in [0.1, 0.15) is 6.17 Å². The maximum atomic E-state index is 14.1. The zero-order valence-corrected chi connectivity index (χ0v) is 11.5. The molecular formula is C11H11Cl2FN2O4. The van der Waals surface area contributed by atoms with E-state index in [2.05, 4.69) is 5.32 Å². The smallest absolute Gasteiger partial charge is 0.269 e. The number of aliphatic hydroxyl groups excluding tert-OH is 1. The molecule has 0 fully saturated rings. The number of hydrogen-bond acceptors (Lipinski definition) is 4. The van der Waals surface area contributed by atoms with Crippen LogP contribution in [0, 0.1) is 10.1 Å². The molecule has 2 atom stereocenters. The highest BCUT2D eigenvalue weighted by molar-refractivity contribution is 6.53. The predicted octanol–water partition coefficient (Wildman–Crippen LogP) is 1.89. The van der Waals surface area contributed by atoms with E-state index in [1.165, 1.54) is 12.1 Å². The number of nitro groups is 1. The summed E-state index contributed by atoms with van der Waals surface area (Å²) in [6, 6.07) is 3.42. The van der Waals surface area contributed by atoms with Crippen LogP contribution in [-0.4, -0.2) is 33.4 Å². The number of carbonyl (C=O) groups is 1. The second-order valence-corrected chi connectivity index (χ2v) is 4.95. The van der Waals surface area contributed by atoms with Crippen LogP contribution in [0.25, 0.3) is 0 Å². The molecule has 20 heavy (non-hydrogen) atoms. The number of halogens is 3. The molecule has 2 unspecified atom stereocenters. The number of carbonyl (C=O) groups excluding carboxylic acids is 1. The van der Waals surface area contributed by atoms with Gasteiger partial charge in [0, 0.05) is 12.1 Å². The Morgan fingerprint density at radius 2 is 1.95 bits per heavy atom. The monoisotopic (exact) mass is 324 g/mol. The Kier molecular flexibility index (Phi) is 6.12. The van der Waals surface area contributed by atoms with Gasteiger partial charge in [0.2, 0.25) is 0 Å². The quantitative estimate of drug-likeness (QED) is 0.474. The number of nitro benzene ring substituents is 1. The molecular weight excluding hydrogens is 314 g/mol. The van der Waals surface area contributed by atoms with Gasteiger partial charge in [-0.1, -0.05) is 23.2 Å². The maximum Gasteiger partial charge on any atom is 0.269 e. The fourth-order valence-corrected chi connectivity index (χ4v) is 1.60. The van der Waals surface area contributed by atoms with Crippen LogP contribution in [0.5, 0.6) is 0 Å². The van der Waals surface area contributed by atoms with Gasteiger partial charge in [0.05, 0.1) is 17.6 Å². The van der Waals surface area contributed by atoms with Crippen LogP contribution in [0.4, 0.5) is 10.1 Å². The third-order valence-corrected chi connectivity index (χ3v) is 2.89. The molecule has 1 aromatic rings. The summed E-state index contributed by atoms with van der Waals surface area (Å²) in [5, 5.41) is 21.7. The Balaban J connectivity index is 2.82. The van der Waals surface area contributed by atoms with E-state index in [4.69, 9.17) is 28.3 Å². The molecule has 110 valence electrons. The highest BCUT2D eigenvalue weighted by atomic mass is 35.5. The van der Waals surface area contributed by atoms with Gasteiger partial charge in [-0.3, -0.25) is 14.9 Å². The molecule has 0 aliphatic carbocycles. The fourth-order valence-electron chi connectivity index (χ4n) is 1.47. The van der Waals surface area contributed by atoms with Crippen molar-refractivity contribution < 1.29 is 19.2 Å². The van der Waals surface area contributed by atoms with Crippen molar-refractivity contribution in [3.8, 4) is 0 Å². The fraction of sp³-hybridized carbons (Fsp3) is 0.364. The Morgan fingerprint density at radius 1 is 1.40 bits per heavy atom. The van der Waals surface area contributed by atoms with Gasteiger partial charge in [-0.2, -0.15) is 0 Å². The number of nitrogens with zero attached hydrogens (tertiary/aromatic N) is 1. The average molecular weight is 325 g/mol. The van der Waals surface area contributed by atoms with Crippen LogP contribution in [0.3, 0.4) is 0 Å². The minimum absolute atomic E-state index is 0.0793. The molecule has 0 radical (unpaired) electrons. The summed E-state index contributed by atoms with van der Waals surface area (Å²) in [4.78, 5) is 19.7. The lowest BCUT2D eigenvalue weighted by Crippen LogP contribution is -2.43. The zero-order chi connectivity index (χ0) is 15.3. The number of amides is 1. The normalized spacial score (nSPS) is 13.8. The summed E-state index contributed by atoms with van der Waals surface area (Å²) < 4.78 is 14.1. The minimum Gasteiger partial charge on any atom is -0.394 e. The molecule has 9 heteroatoms. The molecule has 0 aliphatic heterocycles. The first kappa shape index (κ1) is 16.6. The molecule has 0 spiro atoms. The summed E-state index contributed by atoms with van der Waals surface area (Å²) in [6.45, 7) is -0.676. The molecule has 0 saturated heterocycles. The van der Waals surface area contributed by atoms with Crippen molar-refractivity contribution in [2.24, 2.45) is 0 Å². The van der Waals surface area contributed by atoms with Gasteiger partial charge in [0.15, 0.2) is 4.84 Å². The van der Waals surface area contributed by atoms with Gasteiger partial charge in [0.25, 0.3) is 11.6 Å². The molecule has 1 amide bonds. The second-order valence-electron chi connectivity index (χ2n) is 3.85. The average Bonchev–Trinajstić information content (AvgIpc) is 2.43. The molecule has 1 aromatic carbocycles. The number of non-ortho nitro benzene ring substituents is 1. The summed E-state index contributed by atoms with van der Waals surface area (Å²) in [5.74, 6) is -0.836. The molecule has 1 rings (SSSR count). The number of hydrogen-bond donors (Lipinski definition) is 2. The van der Waals surface area contributed by atoms with Gasteiger partial charge in [-0.15, -0.1) is 0 Å². The number of benzene rings is 1. The van der Waals surface area contributed by atoms with E-state index < -0.39 is 34.5 Å². The number of aliphatic hydroxyl groups is 1. The Bertz CT molecular complexity index is 484. The number of rotatable bonds is 6. The van der Waals surface area contributed by atoms with Crippen molar-refractivity contribution >= 4 is 34.8 Å². The highest BCUT2D eigenvalue weighted by Gasteiger charge is 2.26. The van der Waals surface area contributed by atoms with E-state index in [9.17, 15) is 19.3 Å². The van der Waals surface area contributed by atoms with Crippen molar-refractivity contribution in [2.45, 2.75) is 17.0 Å². The Morgan fingerprint density at radius 3 is 2.35 bits per heavy atom. The van der Waals surface area contributed by atoms with Crippen LogP contribution in [0.1, 0.15) is 11.7 Å². The van der Waals surface area contributed by atoms with E-state index in [1.807, 2.05) is 0 Å². The second kappa shape index (κ2) is 7.37. The molecule has 2 N–H and O–H groups in total. The minimum atomic E-state index is -1.75. The van der Waals surface area contributed by atoms with Crippen LogP contribution < -0.4 is 5.32 Å². The third kappa shape index (κ3) is 4.29. The van der Waals surface area contributed by atoms with Crippen molar-refractivity contribution in [1.82, 2.24) is 5.32 Å². The first-order valence-corrected chi connectivity index (χ1v) is 6.32. The maximum absolute atomic E-state index is 14.1. The molecule has 0 heterocycles. The third-order valence-electron chi connectivity index (χ3n) is 2.50. The zero-order valence-electron chi connectivity index (χ0n) is 10.0. The molecule has 0 aromatic heterocycles. The first-order chi connectivity index (χ1) is 9.36. The van der Waals surface area contributed by atoms with Gasteiger partial charge in [-0.25, -0.2) is 4.39 Å². The van der Waals surface area contributed by atoms with Crippen molar-refractivity contribution in [3.63, 3.8) is 0 Å². The molecule has 6 nitrogen and oxygen atoms in total. The van der Waals surface area contributed by atoms with E-state index in [1.54, 1.807) is 0 Å². The molecule has 0 saturated carbocycles. The SMILES string of the molecule is O=C(NC(CO)C(F)c1ccc([N+](=O)[O-])cc1)C(Cl)Cl. The largest absolute Gasteiger partial charge is 0.394 e. The van der Waals surface area contributed by atoms with E-state index >= 15 is 0 Å². The van der Waals surface area contributed by atoms with Gasteiger partial charge >= 0.3 is 0 Å². The lowest BCUT2D eigenvalue weighted by atomic mass is 10.0. The number of alkyl halides is 3. The van der Waals surface area contributed by atoms with Gasteiger partial charge in [-0.05, 0) is 17.7 Å². The Labute approximate surface area is 123 Å². The number of nitrogens with one attached hydrogen (secondary N) is 1. The lowest BCUT2D eigenvalue weighted by molar-refractivity contribution is -0.384. The predicted molar refractivity (Wildman–Crippen MR) is 71.5 cm³/mol. The standard InChI is InChI=1S/C11H11Cl2FN2O4/c12-10(13)11(18)15-8(5-17)9(14)6-1-3-7(4-2-6)16(19)20/h1-4,8-10,17H,5H2,(H,15,18). The van der Waals surface area contributed by atoms with Crippen LogP contribution >= 0.6 is 23.2 Å². The lowest BCUT2D eigenvalue weighted by Gasteiger charge is -2.21. The Hall–Kier alpha value is -1.44. The topological polar surface area (TPSA) is 92.5 Å².